The van der Waals surface area contributed by atoms with E-state index in [4.69, 9.17) is 4.74 Å². The van der Waals surface area contributed by atoms with E-state index in [-0.39, 0.29) is 11.8 Å². The van der Waals surface area contributed by atoms with Gasteiger partial charge in [0.15, 0.2) is 0 Å². The zero-order valence-corrected chi connectivity index (χ0v) is 22.4. The van der Waals surface area contributed by atoms with Crippen LogP contribution in [0, 0.1) is 0 Å². The highest BCUT2D eigenvalue weighted by Gasteiger charge is 2.42. The number of aliphatic carboxylic acids is 1. The van der Waals surface area contributed by atoms with Crippen molar-refractivity contribution in [3.8, 4) is 5.75 Å². The van der Waals surface area contributed by atoms with Gasteiger partial charge in [0.2, 0.25) is 0 Å². The van der Waals surface area contributed by atoms with Crippen molar-refractivity contribution in [1.29, 1.82) is 0 Å². The van der Waals surface area contributed by atoms with Gasteiger partial charge in [-0.25, -0.2) is 0 Å². The Hall–Kier alpha value is -2.10. The highest BCUT2D eigenvalue weighted by Crippen LogP contribution is 2.58. The third-order valence-corrected chi connectivity index (χ3v) is 9.86. The lowest BCUT2D eigenvalue weighted by molar-refractivity contribution is -0.142. The molecule has 0 saturated carbocycles. The molecule has 0 spiro atoms. The minimum atomic E-state index is -3.13. The number of carboxylic acid groups (broad SMARTS) is 1. The van der Waals surface area contributed by atoms with Crippen LogP contribution in [0.1, 0.15) is 75.1 Å². The first-order valence-electron chi connectivity index (χ1n) is 13.0. The molecule has 2 heterocycles. The van der Waals surface area contributed by atoms with Gasteiger partial charge < -0.3 is 9.84 Å². The molecule has 2 aliphatic rings. The van der Waals surface area contributed by atoms with Gasteiger partial charge >= 0.3 is 5.97 Å². The highest BCUT2D eigenvalue weighted by molar-refractivity contribution is 8.24. The zero-order valence-electron chi connectivity index (χ0n) is 21.6. The molecule has 8 heteroatoms. The number of carboxylic acids is 1. The fraction of sp³-hybridized carbons (Fsp3) is 0.536. The summed E-state index contributed by atoms with van der Waals surface area (Å²) in [5.41, 5.74) is 2.23. The van der Waals surface area contributed by atoms with E-state index in [1.165, 1.54) is 0 Å². The van der Waals surface area contributed by atoms with Crippen LogP contribution in [0.4, 0.5) is 0 Å². The number of rotatable bonds is 9. The van der Waals surface area contributed by atoms with Crippen LogP contribution in [0.2, 0.25) is 0 Å². The maximum absolute atomic E-state index is 11.8. The Labute approximate surface area is 216 Å². The molecule has 1 fully saturated rings. The molecule has 0 bridgehead atoms. The first kappa shape index (κ1) is 26.9. The molecule has 1 saturated heterocycles. The molecule has 4 rings (SSSR count). The Morgan fingerprint density at radius 1 is 1.22 bits per heavy atom. The number of benzene rings is 2. The van der Waals surface area contributed by atoms with Crippen molar-refractivity contribution in [2.45, 2.75) is 81.4 Å². The lowest BCUT2D eigenvalue weighted by Gasteiger charge is -2.42. The molecule has 36 heavy (non-hydrogen) atoms. The van der Waals surface area contributed by atoms with Crippen LogP contribution in [-0.2, 0) is 11.3 Å². The SMILES string of the molecule is CCCC[C@]1(CC)CS(O)(O)c2cc(CN3CCC[C@H]3C(=O)O)c(OC)cc2[C@@H](c2ccccc2)N1. The van der Waals surface area contributed by atoms with Crippen molar-refractivity contribution >= 4 is 16.6 Å². The van der Waals surface area contributed by atoms with Gasteiger partial charge in [-0.05, 0) is 49.9 Å². The number of ether oxygens (including phenoxy) is 1. The third-order valence-electron chi connectivity index (χ3n) is 7.84. The quantitative estimate of drug-likeness (QED) is 0.330. The fourth-order valence-electron chi connectivity index (χ4n) is 5.79. The smallest absolute Gasteiger partial charge is 0.320 e. The summed E-state index contributed by atoms with van der Waals surface area (Å²) >= 11 is 0. The zero-order chi connectivity index (χ0) is 25.9. The van der Waals surface area contributed by atoms with Gasteiger partial charge in [-0.2, -0.15) is 10.6 Å². The number of unbranched alkanes of at least 4 members (excludes halogenated alkanes) is 1. The van der Waals surface area contributed by atoms with Crippen LogP contribution in [0.3, 0.4) is 0 Å². The van der Waals surface area contributed by atoms with Crippen LogP contribution in [0.5, 0.6) is 5.75 Å². The first-order chi connectivity index (χ1) is 17.2. The maximum Gasteiger partial charge on any atom is 0.320 e. The summed E-state index contributed by atoms with van der Waals surface area (Å²) in [6.45, 7) is 5.35. The summed E-state index contributed by atoms with van der Waals surface area (Å²) in [5, 5.41) is 13.5. The number of hydrogen-bond donors (Lipinski definition) is 4. The number of methoxy groups -OCH3 is 1. The third kappa shape index (κ3) is 5.43. The number of fused-ring (bicyclic) bond motifs is 1. The molecule has 3 atom stereocenters. The van der Waals surface area contributed by atoms with Crippen molar-refractivity contribution in [1.82, 2.24) is 10.2 Å². The standard InChI is InChI=1S/C28H40N2O5S/c1-4-6-14-28(5-2)19-36(33,34)25-16-21(18-30-15-10-13-23(30)27(31)32)24(35-3)17-22(25)26(29-28)20-11-8-7-9-12-20/h7-9,11-12,16-17,23,26,29,33-34H,4-6,10,13-15,18-19H2,1-3H3,(H,31,32)/t23-,26+,28+/m0/s1. The number of nitrogens with zero attached hydrogens (tertiary/aromatic N) is 1. The summed E-state index contributed by atoms with van der Waals surface area (Å²) in [7, 11) is -1.52. The van der Waals surface area contributed by atoms with Gasteiger partial charge in [0.05, 0.1) is 23.8 Å². The molecule has 0 aliphatic carbocycles. The summed E-state index contributed by atoms with van der Waals surface area (Å²) in [6.07, 6.45) is 5.10. The Morgan fingerprint density at radius 2 is 1.97 bits per heavy atom. The van der Waals surface area contributed by atoms with Crippen LogP contribution < -0.4 is 10.1 Å². The van der Waals surface area contributed by atoms with E-state index in [9.17, 15) is 19.0 Å². The summed E-state index contributed by atoms with van der Waals surface area (Å²) < 4.78 is 29.2. The minimum Gasteiger partial charge on any atom is -0.496 e. The average Bonchev–Trinajstić information content (AvgIpc) is 3.31. The van der Waals surface area contributed by atoms with E-state index in [0.717, 1.165) is 48.8 Å². The normalized spacial score (nSPS) is 26.7. The number of carbonyl (C=O) groups is 1. The Morgan fingerprint density at radius 3 is 2.61 bits per heavy atom. The number of nitrogens with one attached hydrogen (secondary N) is 1. The lowest BCUT2D eigenvalue weighted by atomic mass is 9.88. The van der Waals surface area contributed by atoms with Gasteiger partial charge in [-0.15, -0.1) is 0 Å². The van der Waals surface area contributed by atoms with Gasteiger partial charge in [0.25, 0.3) is 0 Å². The van der Waals surface area contributed by atoms with E-state index in [1.807, 2.05) is 35.2 Å². The molecule has 4 N–H and O–H groups in total. The molecule has 2 aromatic carbocycles. The Kier molecular flexibility index (Phi) is 8.32. The van der Waals surface area contributed by atoms with Crippen LogP contribution >= 0.6 is 10.6 Å². The first-order valence-corrected chi connectivity index (χ1v) is 14.7. The molecule has 0 unspecified atom stereocenters. The summed E-state index contributed by atoms with van der Waals surface area (Å²) in [6, 6.07) is 13.2. The molecule has 0 amide bonds. The van der Waals surface area contributed by atoms with E-state index >= 15 is 0 Å². The van der Waals surface area contributed by atoms with Crippen molar-refractivity contribution in [3.63, 3.8) is 0 Å². The molecule has 0 aromatic heterocycles. The second-order valence-electron chi connectivity index (χ2n) is 10.2. The van der Waals surface area contributed by atoms with Crippen molar-refractivity contribution in [3.05, 3.63) is 59.2 Å². The number of hydrogen-bond acceptors (Lipinski definition) is 6. The monoisotopic (exact) mass is 516 g/mol. The van der Waals surface area contributed by atoms with E-state index in [2.05, 4.69) is 31.3 Å². The van der Waals surface area contributed by atoms with Gasteiger partial charge in [0.1, 0.15) is 11.8 Å². The molecule has 7 nitrogen and oxygen atoms in total. The number of likely N-dealkylation sites (tertiary alicyclic amines) is 1. The molecular formula is C28H40N2O5S. The van der Waals surface area contributed by atoms with Gasteiger partial charge in [0, 0.05) is 23.2 Å². The van der Waals surface area contributed by atoms with Crippen LogP contribution in [0.15, 0.2) is 47.4 Å². The molecule has 198 valence electrons. The van der Waals surface area contributed by atoms with Crippen LogP contribution in [0.25, 0.3) is 0 Å². The maximum atomic E-state index is 11.8. The highest BCUT2D eigenvalue weighted by atomic mass is 32.3. The topological polar surface area (TPSA) is 102 Å². The van der Waals surface area contributed by atoms with Crippen molar-refractivity contribution in [2.75, 3.05) is 19.4 Å². The summed E-state index contributed by atoms with van der Waals surface area (Å²) in [5.74, 6) is 0.0721. The van der Waals surface area contributed by atoms with Crippen LogP contribution in [-0.4, -0.2) is 56.1 Å². The van der Waals surface area contributed by atoms with Crippen molar-refractivity contribution in [2.24, 2.45) is 0 Å². The van der Waals surface area contributed by atoms with Gasteiger partial charge in [-0.1, -0.05) is 57.0 Å². The molecular weight excluding hydrogens is 476 g/mol. The van der Waals surface area contributed by atoms with Gasteiger partial charge in [-0.3, -0.25) is 24.1 Å². The molecule has 2 aliphatic heterocycles. The second-order valence-corrected chi connectivity index (χ2v) is 12.3. The second kappa shape index (κ2) is 11.1. The van der Waals surface area contributed by atoms with E-state index in [1.54, 1.807) is 7.11 Å². The minimum absolute atomic E-state index is 0.229. The Balaban J connectivity index is 1.84. The Bertz CT molecular complexity index is 1060. The lowest BCUT2D eigenvalue weighted by Crippen LogP contribution is -2.49. The average molecular weight is 517 g/mol. The molecule has 2 aromatic rings. The predicted molar refractivity (Wildman–Crippen MR) is 144 cm³/mol. The fourth-order valence-corrected chi connectivity index (χ4v) is 8.03. The summed E-state index contributed by atoms with van der Waals surface area (Å²) in [4.78, 5) is 14.3. The van der Waals surface area contributed by atoms with E-state index in [0.29, 0.717) is 30.2 Å². The molecule has 0 radical (unpaired) electrons. The van der Waals surface area contributed by atoms with Crippen molar-refractivity contribution < 1.29 is 23.7 Å². The predicted octanol–water partition coefficient (Wildman–Crippen LogP) is 5.89. The van der Waals surface area contributed by atoms with E-state index < -0.39 is 28.1 Å². The largest absolute Gasteiger partial charge is 0.496 e.